The van der Waals surface area contributed by atoms with Crippen LogP contribution in [0.3, 0.4) is 0 Å². The zero-order valence-corrected chi connectivity index (χ0v) is 17.8. The third kappa shape index (κ3) is 5.18. The van der Waals surface area contributed by atoms with E-state index in [0.29, 0.717) is 15.4 Å². The second kappa shape index (κ2) is 9.40. The Morgan fingerprint density at radius 1 is 1.00 bits per heavy atom. The van der Waals surface area contributed by atoms with Gasteiger partial charge >= 0.3 is 0 Å². The van der Waals surface area contributed by atoms with Crippen LogP contribution in [0, 0.1) is 11.6 Å². The maximum absolute atomic E-state index is 13.2. The van der Waals surface area contributed by atoms with Gasteiger partial charge < -0.3 is 5.32 Å². The average molecular weight is 458 g/mol. The number of thioether (sulfide) groups is 1. The maximum atomic E-state index is 13.2. The number of carbonyl (C=O) groups excluding carboxylic acids is 1. The normalized spacial score (nSPS) is 11.0. The van der Waals surface area contributed by atoms with Crippen molar-refractivity contribution < 1.29 is 13.6 Å². The van der Waals surface area contributed by atoms with E-state index in [4.69, 9.17) is 0 Å². The highest BCUT2D eigenvalue weighted by atomic mass is 32.2. The Morgan fingerprint density at radius 3 is 2.32 bits per heavy atom. The van der Waals surface area contributed by atoms with Crippen LogP contribution in [0.5, 0.6) is 0 Å². The van der Waals surface area contributed by atoms with Gasteiger partial charge in [0, 0.05) is 6.54 Å². The monoisotopic (exact) mass is 457 g/mol. The molecule has 4 aromatic rings. The van der Waals surface area contributed by atoms with Crippen molar-refractivity contribution in [1.82, 2.24) is 14.9 Å². The largest absolute Gasteiger partial charge is 0.351 e. The van der Waals surface area contributed by atoms with Gasteiger partial charge in [0.15, 0.2) is 5.16 Å². The minimum atomic E-state index is -0.352. The SMILES string of the molecule is O=C(CSc1nc2ccsc2c(=O)n1Cc1ccc(F)cc1)NCc1ccc(F)cc1. The molecule has 0 aliphatic carbocycles. The van der Waals surface area contributed by atoms with Crippen molar-refractivity contribution >= 4 is 39.2 Å². The zero-order valence-electron chi connectivity index (χ0n) is 16.2. The van der Waals surface area contributed by atoms with Crippen LogP contribution in [0.15, 0.2) is 69.9 Å². The number of benzene rings is 2. The van der Waals surface area contributed by atoms with Crippen LogP contribution >= 0.6 is 23.1 Å². The molecule has 0 aliphatic rings. The molecule has 2 heterocycles. The molecule has 4 rings (SSSR count). The van der Waals surface area contributed by atoms with Gasteiger partial charge in [0.05, 0.1) is 17.8 Å². The van der Waals surface area contributed by atoms with Crippen LogP contribution in [0.4, 0.5) is 8.78 Å². The van der Waals surface area contributed by atoms with Crippen LogP contribution in [0.2, 0.25) is 0 Å². The molecule has 158 valence electrons. The minimum absolute atomic E-state index is 0.0622. The third-order valence-corrected chi connectivity index (χ3v) is 6.39. The summed E-state index contributed by atoms with van der Waals surface area (Å²) in [5, 5.41) is 4.98. The first-order valence-corrected chi connectivity index (χ1v) is 11.2. The molecule has 31 heavy (non-hydrogen) atoms. The Hall–Kier alpha value is -3.04. The first kappa shape index (κ1) is 21.2. The van der Waals surface area contributed by atoms with Gasteiger partial charge in [0.2, 0.25) is 5.91 Å². The molecule has 0 bridgehead atoms. The third-order valence-electron chi connectivity index (χ3n) is 4.52. The first-order valence-electron chi connectivity index (χ1n) is 9.36. The topological polar surface area (TPSA) is 64.0 Å². The first-order chi connectivity index (χ1) is 15.0. The Labute approximate surface area is 184 Å². The van der Waals surface area contributed by atoms with Crippen LogP contribution in [0.1, 0.15) is 11.1 Å². The maximum Gasteiger partial charge on any atom is 0.272 e. The van der Waals surface area contributed by atoms with Crippen molar-refractivity contribution in [3.05, 3.63) is 93.1 Å². The molecule has 2 aromatic carbocycles. The highest BCUT2D eigenvalue weighted by molar-refractivity contribution is 7.99. The molecule has 0 unspecified atom stereocenters. The fraction of sp³-hybridized carbons (Fsp3) is 0.136. The zero-order chi connectivity index (χ0) is 21.8. The van der Waals surface area contributed by atoms with E-state index in [1.54, 1.807) is 35.7 Å². The van der Waals surface area contributed by atoms with Gasteiger partial charge in [-0.2, -0.15) is 0 Å². The van der Waals surface area contributed by atoms with Crippen molar-refractivity contribution in [2.24, 2.45) is 0 Å². The molecule has 5 nitrogen and oxygen atoms in total. The number of carbonyl (C=O) groups is 1. The Balaban J connectivity index is 1.50. The van der Waals surface area contributed by atoms with Gasteiger partial charge in [0.25, 0.3) is 5.56 Å². The predicted octanol–water partition coefficient (Wildman–Crippen LogP) is 4.19. The molecule has 2 aromatic heterocycles. The number of nitrogens with zero attached hydrogens (tertiary/aromatic N) is 2. The molecule has 9 heteroatoms. The molecule has 0 saturated carbocycles. The van der Waals surface area contributed by atoms with E-state index in [2.05, 4.69) is 10.3 Å². The number of fused-ring (bicyclic) bond motifs is 1. The Kier molecular flexibility index (Phi) is 6.43. The number of amides is 1. The summed E-state index contributed by atoms with van der Waals surface area (Å²) in [5.41, 5.74) is 1.92. The number of nitrogens with one attached hydrogen (secondary N) is 1. The number of hydrogen-bond donors (Lipinski definition) is 1. The molecule has 0 atom stereocenters. The summed E-state index contributed by atoms with van der Waals surface area (Å²) < 4.78 is 28.3. The highest BCUT2D eigenvalue weighted by Crippen LogP contribution is 2.22. The van der Waals surface area contributed by atoms with E-state index >= 15 is 0 Å². The summed E-state index contributed by atoms with van der Waals surface area (Å²) >= 11 is 2.47. The molecule has 0 spiro atoms. The quantitative estimate of drug-likeness (QED) is 0.334. The Morgan fingerprint density at radius 2 is 1.65 bits per heavy atom. The Bertz CT molecular complexity index is 1270. The van der Waals surface area contributed by atoms with Gasteiger partial charge in [-0.1, -0.05) is 36.0 Å². The van der Waals surface area contributed by atoms with Crippen molar-refractivity contribution in [3.8, 4) is 0 Å². The predicted molar refractivity (Wildman–Crippen MR) is 118 cm³/mol. The lowest BCUT2D eigenvalue weighted by molar-refractivity contribution is -0.118. The molecular weight excluding hydrogens is 440 g/mol. The van der Waals surface area contributed by atoms with Crippen LogP contribution < -0.4 is 10.9 Å². The summed E-state index contributed by atoms with van der Waals surface area (Å²) in [4.78, 5) is 29.8. The number of rotatable bonds is 7. The van der Waals surface area contributed by atoms with Crippen molar-refractivity contribution in [1.29, 1.82) is 0 Å². The summed E-state index contributed by atoms with van der Waals surface area (Å²) in [6, 6.07) is 13.6. The van der Waals surface area contributed by atoms with Crippen LogP contribution in [-0.4, -0.2) is 21.2 Å². The fourth-order valence-electron chi connectivity index (χ4n) is 2.93. The molecule has 0 aliphatic heterocycles. The molecule has 1 amide bonds. The number of hydrogen-bond acceptors (Lipinski definition) is 5. The van der Waals surface area contributed by atoms with Gasteiger partial charge in [-0.15, -0.1) is 11.3 Å². The average Bonchev–Trinajstić information content (AvgIpc) is 3.24. The fourth-order valence-corrected chi connectivity index (χ4v) is 4.54. The van der Waals surface area contributed by atoms with Crippen molar-refractivity contribution in [3.63, 3.8) is 0 Å². The molecular formula is C22H17F2N3O2S2. The number of aromatic nitrogens is 2. The molecule has 0 saturated heterocycles. The lowest BCUT2D eigenvalue weighted by Gasteiger charge is -2.12. The van der Waals surface area contributed by atoms with E-state index in [-0.39, 0.29) is 41.9 Å². The number of thiophene rings is 1. The molecule has 0 radical (unpaired) electrons. The second-order valence-corrected chi connectivity index (χ2v) is 8.60. The van der Waals surface area contributed by atoms with Crippen molar-refractivity contribution in [2.45, 2.75) is 18.2 Å². The number of halogens is 2. The summed E-state index contributed by atoms with van der Waals surface area (Å²) in [5.74, 6) is -0.857. The summed E-state index contributed by atoms with van der Waals surface area (Å²) in [7, 11) is 0. The van der Waals surface area contributed by atoms with Crippen molar-refractivity contribution in [2.75, 3.05) is 5.75 Å². The second-order valence-electron chi connectivity index (χ2n) is 6.74. The van der Waals surface area contributed by atoms with Gasteiger partial charge in [-0.3, -0.25) is 14.2 Å². The van der Waals surface area contributed by atoms with E-state index < -0.39 is 0 Å². The molecule has 1 N–H and O–H groups in total. The van der Waals surface area contributed by atoms with E-state index in [9.17, 15) is 18.4 Å². The smallest absolute Gasteiger partial charge is 0.272 e. The van der Waals surface area contributed by atoms with Gasteiger partial charge in [-0.25, -0.2) is 13.8 Å². The van der Waals surface area contributed by atoms with E-state index in [1.165, 1.54) is 40.2 Å². The molecule has 0 fully saturated rings. The van der Waals surface area contributed by atoms with E-state index in [1.807, 2.05) is 0 Å². The standard InChI is InChI=1S/C22H17F2N3O2S2/c23-16-5-1-14(2-6-16)11-25-19(28)13-31-22-26-18-9-10-30-20(18)21(29)27(22)12-15-3-7-17(24)8-4-15/h1-10H,11-13H2,(H,25,28). The van der Waals surface area contributed by atoms with Gasteiger partial charge in [0.1, 0.15) is 16.3 Å². The summed E-state index contributed by atoms with van der Waals surface area (Å²) in [6.45, 7) is 0.499. The lowest BCUT2D eigenvalue weighted by Crippen LogP contribution is -2.26. The van der Waals surface area contributed by atoms with Gasteiger partial charge in [-0.05, 0) is 46.8 Å². The highest BCUT2D eigenvalue weighted by Gasteiger charge is 2.15. The van der Waals surface area contributed by atoms with E-state index in [0.717, 1.165) is 22.9 Å². The van der Waals surface area contributed by atoms with Crippen LogP contribution in [-0.2, 0) is 17.9 Å². The minimum Gasteiger partial charge on any atom is -0.351 e. The summed E-state index contributed by atoms with van der Waals surface area (Å²) in [6.07, 6.45) is 0. The van der Waals surface area contributed by atoms with Crippen LogP contribution in [0.25, 0.3) is 10.2 Å². The lowest BCUT2D eigenvalue weighted by atomic mass is 10.2.